The van der Waals surface area contributed by atoms with E-state index in [0.717, 1.165) is 36.9 Å². The largest absolute Gasteiger partial charge is 0.465 e. The van der Waals surface area contributed by atoms with Gasteiger partial charge in [0, 0.05) is 48.7 Å². The van der Waals surface area contributed by atoms with E-state index < -0.39 is 0 Å². The average Bonchev–Trinajstić information content (AvgIpc) is 3.62. The average molecular weight is 567 g/mol. The third kappa shape index (κ3) is 6.98. The predicted molar refractivity (Wildman–Crippen MR) is 150 cm³/mol. The molecule has 0 aliphatic carbocycles. The van der Waals surface area contributed by atoms with E-state index in [1.165, 1.54) is 11.3 Å². The summed E-state index contributed by atoms with van der Waals surface area (Å²) >= 11 is 1.38. The fourth-order valence-corrected chi connectivity index (χ4v) is 5.79. The van der Waals surface area contributed by atoms with Crippen LogP contribution in [-0.4, -0.2) is 81.8 Å². The van der Waals surface area contributed by atoms with Gasteiger partial charge in [0.15, 0.2) is 11.5 Å². The van der Waals surface area contributed by atoms with Gasteiger partial charge < -0.3 is 14.8 Å². The molecule has 1 fully saturated rings. The number of fused-ring (bicyclic) bond motifs is 6. The van der Waals surface area contributed by atoms with Gasteiger partial charge in [-0.3, -0.25) is 28.9 Å². The second kappa shape index (κ2) is 13.2. The van der Waals surface area contributed by atoms with Crippen molar-refractivity contribution >= 4 is 34.7 Å². The molecule has 1 saturated heterocycles. The van der Waals surface area contributed by atoms with Crippen LogP contribution in [0.2, 0.25) is 0 Å². The summed E-state index contributed by atoms with van der Waals surface area (Å²) in [5, 5.41) is 9.96. The lowest BCUT2D eigenvalue weighted by atomic mass is 10.1. The van der Waals surface area contributed by atoms with Crippen LogP contribution in [0, 0.1) is 0 Å². The fourth-order valence-electron chi connectivity index (χ4n) is 5.00. The van der Waals surface area contributed by atoms with Crippen molar-refractivity contribution in [1.82, 2.24) is 24.6 Å². The van der Waals surface area contributed by atoms with E-state index >= 15 is 0 Å². The van der Waals surface area contributed by atoms with Crippen molar-refractivity contribution in [3.05, 3.63) is 47.0 Å². The third-order valence-electron chi connectivity index (χ3n) is 7.05. The first-order valence-corrected chi connectivity index (χ1v) is 14.7. The lowest BCUT2D eigenvalue weighted by Crippen LogP contribution is -2.33. The highest BCUT2D eigenvalue weighted by Crippen LogP contribution is 2.27. The van der Waals surface area contributed by atoms with Crippen molar-refractivity contribution in [2.24, 2.45) is 0 Å². The predicted octanol–water partition coefficient (Wildman–Crippen LogP) is 3.78. The molecule has 0 unspecified atom stereocenters. The standard InChI is InChI=1S/C28H34N6O5S/c1-2-39-25(36)17-33-11-3-5-20-15-19(7-10-29-20)28-31-23(18-40-28)27(37)30-22-16-34(21-8-13-38-14-9-21)32-26(22)24(35)6-4-12-33/h7,10,15-16,18,21H,2-6,8-9,11-14,17H2,1H3,(H,30,37). The smallest absolute Gasteiger partial charge is 0.320 e. The van der Waals surface area contributed by atoms with E-state index in [-0.39, 0.29) is 48.1 Å². The molecule has 2 aliphatic heterocycles. The number of aryl methyl sites for hydroxylation is 1. The number of aromatic nitrogens is 4. The minimum atomic E-state index is -0.390. The summed E-state index contributed by atoms with van der Waals surface area (Å²) in [7, 11) is 0. The Hall–Kier alpha value is -3.48. The second-order valence-electron chi connectivity index (χ2n) is 9.95. The SMILES string of the molecule is CCOC(=O)CN1CCCC(=O)c2nn(C3CCOCC3)cc2NC(=O)c2csc(n2)-c2ccnc(c2)CCC1. The van der Waals surface area contributed by atoms with Gasteiger partial charge in [-0.15, -0.1) is 11.3 Å². The number of nitrogens with one attached hydrogen (secondary N) is 1. The van der Waals surface area contributed by atoms with E-state index in [2.05, 4.69) is 20.4 Å². The Morgan fingerprint density at radius 1 is 1.20 bits per heavy atom. The number of esters is 1. The van der Waals surface area contributed by atoms with Crippen LogP contribution in [0.5, 0.6) is 0 Å². The molecule has 5 rings (SSSR count). The number of ketones is 1. The van der Waals surface area contributed by atoms with Gasteiger partial charge in [-0.25, -0.2) is 4.98 Å². The Bertz CT molecular complexity index is 1350. The fraction of sp³-hybridized carbons (Fsp3) is 0.500. The van der Waals surface area contributed by atoms with Crippen LogP contribution in [-0.2, 0) is 20.7 Å². The minimum Gasteiger partial charge on any atom is -0.465 e. The molecule has 11 nitrogen and oxygen atoms in total. The van der Waals surface area contributed by atoms with Gasteiger partial charge in [-0.1, -0.05) is 0 Å². The zero-order valence-electron chi connectivity index (χ0n) is 22.6. The molecule has 3 aromatic heterocycles. The first-order chi connectivity index (χ1) is 19.5. The maximum absolute atomic E-state index is 13.4. The molecular formula is C28H34N6O5S. The van der Waals surface area contributed by atoms with Gasteiger partial charge in [0.1, 0.15) is 10.7 Å². The molecule has 212 valence electrons. The topological polar surface area (TPSA) is 129 Å². The van der Waals surface area contributed by atoms with Gasteiger partial charge in [0.25, 0.3) is 5.91 Å². The van der Waals surface area contributed by atoms with Crippen LogP contribution in [0.4, 0.5) is 5.69 Å². The highest BCUT2D eigenvalue weighted by molar-refractivity contribution is 7.13. The van der Waals surface area contributed by atoms with Gasteiger partial charge in [0.2, 0.25) is 0 Å². The molecule has 4 bridgehead atoms. The Morgan fingerprint density at radius 3 is 2.80 bits per heavy atom. The van der Waals surface area contributed by atoms with Gasteiger partial charge in [-0.2, -0.15) is 5.10 Å². The van der Waals surface area contributed by atoms with Crippen molar-refractivity contribution < 1.29 is 23.9 Å². The molecule has 5 heterocycles. The van der Waals surface area contributed by atoms with Gasteiger partial charge in [0.05, 0.1) is 24.9 Å². The third-order valence-corrected chi connectivity index (χ3v) is 7.94. The van der Waals surface area contributed by atoms with Crippen molar-refractivity contribution in [3.8, 4) is 10.6 Å². The molecule has 0 atom stereocenters. The number of pyridine rings is 1. The number of Topliss-reactive ketones (excluding diaryl/α,β-unsaturated/α-hetero) is 1. The van der Waals surface area contributed by atoms with E-state index in [0.29, 0.717) is 50.0 Å². The summed E-state index contributed by atoms with van der Waals surface area (Å²) in [5.74, 6) is -0.827. The molecule has 40 heavy (non-hydrogen) atoms. The summed E-state index contributed by atoms with van der Waals surface area (Å²) in [6, 6.07) is 3.97. The normalized spacial score (nSPS) is 17.9. The Labute approximate surface area is 236 Å². The molecule has 2 aliphatic rings. The maximum atomic E-state index is 13.4. The zero-order chi connectivity index (χ0) is 27.9. The molecular weight excluding hydrogens is 532 g/mol. The maximum Gasteiger partial charge on any atom is 0.320 e. The first-order valence-electron chi connectivity index (χ1n) is 13.8. The van der Waals surface area contributed by atoms with Crippen molar-refractivity contribution in [1.29, 1.82) is 0 Å². The number of anilines is 1. The molecule has 1 N–H and O–H groups in total. The Balaban J connectivity index is 1.43. The summed E-state index contributed by atoms with van der Waals surface area (Å²) in [6.07, 6.45) is 7.35. The number of thiazole rings is 1. The summed E-state index contributed by atoms with van der Waals surface area (Å²) in [4.78, 5) is 49.9. The van der Waals surface area contributed by atoms with E-state index in [1.54, 1.807) is 29.4 Å². The highest BCUT2D eigenvalue weighted by atomic mass is 32.1. The summed E-state index contributed by atoms with van der Waals surface area (Å²) in [6.45, 7) is 4.76. The number of hydrogen-bond acceptors (Lipinski definition) is 10. The van der Waals surface area contributed by atoms with Crippen LogP contribution in [0.1, 0.15) is 71.7 Å². The van der Waals surface area contributed by atoms with Crippen molar-refractivity contribution in [2.45, 2.75) is 51.5 Å². The van der Waals surface area contributed by atoms with E-state index in [9.17, 15) is 14.4 Å². The van der Waals surface area contributed by atoms with Crippen molar-refractivity contribution in [3.63, 3.8) is 0 Å². The van der Waals surface area contributed by atoms with Crippen LogP contribution >= 0.6 is 11.3 Å². The van der Waals surface area contributed by atoms with Crippen LogP contribution in [0.3, 0.4) is 0 Å². The lowest BCUT2D eigenvalue weighted by Gasteiger charge is -2.22. The molecule has 12 heteroatoms. The van der Waals surface area contributed by atoms with Gasteiger partial charge in [-0.05, 0) is 64.3 Å². The second-order valence-corrected chi connectivity index (χ2v) is 10.8. The van der Waals surface area contributed by atoms with E-state index in [1.807, 2.05) is 17.0 Å². The molecule has 1 amide bonds. The van der Waals surface area contributed by atoms with Crippen LogP contribution < -0.4 is 5.32 Å². The number of nitrogens with zero attached hydrogens (tertiary/aromatic N) is 5. The van der Waals surface area contributed by atoms with E-state index in [4.69, 9.17) is 9.47 Å². The number of hydrogen-bond donors (Lipinski definition) is 1. The zero-order valence-corrected chi connectivity index (χ0v) is 23.5. The van der Waals surface area contributed by atoms with Crippen LogP contribution in [0.15, 0.2) is 29.9 Å². The minimum absolute atomic E-state index is 0.0967. The number of ether oxygens (including phenoxy) is 2. The molecule has 0 aromatic carbocycles. The summed E-state index contributed by atoms with van der Waals surface area (Å²) in [5.41, 5.74) is 2.71. The number of rotatable bonds is 4. The molecule has 3 aromatic rings. The molecule has 0 radical (unpaired) electrons. The quantitative estimate of drug-likeness (QED) is 0.469. The Morgan fingerprint density at radius 2 is 2.00 bits per heavy atom. The molecule has 0 saturated carbocycles. The number of amides is 1. The highest BCUT2D eigenvalue weighted by Gasteiger charge is 2.25. The monoisotopic (exact) mass is 566 g/mol. The van der Waals surface area contributed by atoms with Crippen LogP contribution in [0.25, 0.3) is 10.6 Å². The molecule has 0 spiro atoms. The lowest BCUT2D eigenvalue weighted by molar-refractivity contribution is -0.144. The first kappa shape index (κ1) is 28.1. The Kier molecular flexibility index (Phi) is 9.30. The van der Waals surface area contributed by atoms with Crippen molar-refractivity contribution in [2.75, 3.05) is 44.8 Å². The van der Waals surface area contributed by atoms with Gasteiger partial charge >= 0.3 is 5.97 Å². The summed E-state index contributed by atoms with van der Waals surface area (Å²) < 4.78 is 12.4. The number of carbonyl (C=O) groups excluding carboxylic acids is 3. The number of carbonyl (C=O) groups is 3.